The third-order valence-electron chi connectivity index (χ3n) is 7.59. The molecule has 0 fully saturated rings. The Morgan fingerprint density at radius 3 is 2.42 bits per heavy atom. The molecule has 0 unspecified atom stereocenters. The lowest BCUT2D eigenvalue weighted by molar-refractivity contribution is -0.660. The Bertz CT molecular complexity index is 1930. The maximum atomic E-state index is 15.9. The number of hydrogen-bond donors (Lipinski definition) is 0. The zero-order valence-corrected chi connectivity index (χ0v) is 21.3. The fourth-order valence-corrected chi connectivity index (χ4v) is 5.78. The van der Waals surface area contributed by atoms with Gasteiger partial charge >= 0.3 is 0 Å². The number of nitrogens with zero attached hydrogens (tertiary/aromatic N) is 2. The molecular formula is C34H28FN2O+. The van der Waals surface area contributed by atoms with Gasteiger partial charge in [-0.2, -0.15) is 0 Å². The summed E-state index contributed by atoms with van der Waals surface area (Å²) >= 11 is 0. The molecule has 4 aromatic carbocycles. The van der Waals surface area contributed by atoms with Crippen molar-refractivity contribution in [3.8, 4) is 22.4 Å². The van der Waals surface area contributed by atoms with Crippen LogP contribution in [0.3, 0.4) is 0 Å². The first-order chi connectivity index (χ1) is 19.3. The SMILES string of the molecule is [2H]C1([2H])CCN(c2ccccc2)c2cccc(-c3c(F)ccc4c3oc3c(-c5cccc[n+]5C)c(C)ccc34)c21. The first-order valence-corrected chi connectivity index (χ1v) is 12.9. The van der Waals surface area contributed by atoms with Gasteiger partial charge in [0.2, 0.25) is 5.69 Å². The van der Waals surface area contributed by atoms with Crippen LogP contribution < -0.4 is 9.47 Å². The van der Waals surface area contributed by atoms with E-state index >= 15 is 4.39 Å². The van der Waals surface area contributed by atoms with E-state index in [1.807, 2.05) is 80.0 Å². The molecule has 0 atom stereocenters. The molecule has 2 aromatic heterocycles. The molecule has 0 radical (unpaired) electrons. The van der Waals surface area contributed by atoms with Crippen molar-refractivity contribution in [2.24, 2.45) is 7.05 Å². The van der Waals surface area contributed by atoms with Gasteiger partial charge in [-0.25, -0.2) is 8.96 Å². The fraction of sp³-hybridized carbons (Fsp3) is 0.147. The van der Waals surface area contributed by atoms with Crippen molar-refractivity contribution in [1.29, 1.82) is 0 Å². The summed E-state index contributed by atoms with van der Waals surface area (Å²) < 4.78 is 42.7. The minimum atomic E-state index is -1.64. The van der Waals surface area contributed by atoms with Gasteiger partial charge in [0.05, 0.1) is 11.1 Å². The van der Waals surface area contributed by atoms with Crippen molar-refractivity contribution < 1.29 is 16.1 Å². The first-order valence-electron chi connectivity index (χ1n) is 13.9. The molecule has 3 heterocycles. The molecule has 6 aromatic rings. The monoisotopic (exact) mass is 501 g/mol. The molecule has 0 bridgehead atoms. The van der Waals surface area contributed by atoms with Crippen LogP contribution in [-0.2, 0) is 13.4 Å². The number of anilines is 2. The van der Waals surface area contributed by atoms with E-state index in [1.165, 1.54) is 6.07 Å². The number of halogens is 1. The summed E-state index contributed by atoms with van der Waals surface area (Å²) in [5.41, 5.74) is 7.19. The molecule has 186 valence electrons. The number of fused-ring (bicyclic) bond motifs is 4. The van der Waals surface area contributed by atoms with Crippen LogP contribution in [0.4, 0.5) is 15.8 Å². The van der Waals surface area contributed by atoms with Gasteiger partial charge in [0.15, 0.2) is 6.20 Å². The molecule has 7 rings (SSSR count). The van der Waals surface area contributed by atoms with Crippen molar-refractivity contribution in [2.75, 3.05) is 11.4 Å². The number of pyridine rings is 1. The van der Waals surface area contributed by atoms with Crippen molar-refractivity contribution in [1.82, 2.24) is 0 Å². The smallest absolute Gasteiger partial charge is 0.216 e. The van der Waals surface area contributed by atoms with E-state index in [2.05, 4.69) is 28.5 Å². The third kappa shape index (κ3) is 3.44. The highest BCUT2D eigenvalue weighted by atomic mass is 19.1. The largest absolute Gasteiger partial charge is 0.454 e. The number of benzene rings is 4. The molecule has 0 amide bonds. The highest BCUT2D eigenvalue weighted by Crippen LogP contribution is 2.45. The highest BCUT2D eigenvalue weighted by molar-refractivity contribution is 6.13. The number of furan rings is 1. The topological polar surface area (TPSA) is 20.3 Å². The average molecular weight is 502 g/mol. The van der Waals surface area contributed by atoms with Gasteiger partial charge in [0.25, 0.3) is 0 Å². The summed E-state index contributed by atoms with van der Waals surface area (Å²) in [6.45, 7) is 2.58. The average Bonchev–Trinajstić information content (AvgIpc) is 3.32. The van der Waals surface area contributed by atoms with E-state index < -0.39 is 12.2 Å². The van der Waals surface area contributed by atoms with Gasteiger partial charge in [-0.15, -0.1) is 0 Å². The van der Waals surface area contributed by atoms with Gasteiger partial charge in [-0.3, -0.25) is 0 Å². The summed E-state index contributed by atoms with van der Waals surface area (Å²) in [4.78, 5) is 2.12. The lowest BCUT2D eigenvalue weighted by atomic mass is 9.90. The van der Waals surface area contributed by atoms with Crippen LogP contribution in [0.1, 0.15) is 20.3 Å². The standard InChI is InChI=1S/C34H28FN2O/c1-22-16-17-26-27-18-19-28(35)32(34(27)38-33(26)31(22)30-14-6-7-20-36(30)2)25-12-8-15-29-24(25)13-9-21-37(29)23-10-4-3-5-11-23/h3-8,10-12,14-20H,9,13,21H2,1-2H3/q+1/i13D2. The minimum absolute atomic E-state index is 0.289. The molecule has 0 aliphatic carbocycles. The maximum Gasteiger partial charge on any atom is 0.216 e. The van der Waals surface area contributed by atoms with E-state index in [0.717, 1.165) is 39.0 Å². The molecular weight excluding hydrogens is 471 g/mol. The quantitative estimate of drug-likeness (QED) is 0.227. The molecule has 0 spiro atoms. The summed E-state index contributed by atoms with van der Waals surface area (Å²) in [6, 6.07) is 29.0. The number of aryl methyl sites for hydroxylation is 2. The number of para-hydroxylation sites is 1. The Hall–Kier alpha value is -4.44. The van der Waals surface area contributed by atoms with Crippen LogP contribution in [0.5, 0.6) is 0 Å². The molecule has 4 heteroatoms. The van der Waals surface area contributed by atoms with Crippen LogP contribution >= 0.6 is 0 Å². The Kier molecular flexibility index (Phi) is 4.79. The number of hydrogen-bond acceptors (Lipinski definition) is 2. The predicted octanol–water partition coefficient (Wildman–Crippen LogP) is 8.28. The molecule has 38 heavy (non-hydrogen) atoms. The van der Waals surface area contributed by atoms with Gasteiger partial charge < -0.3 is 9.32 Å². The lowest BCUT2D eigenvalue weighted by Gasteiger charge is -2.32. The Morgan fingerprint density at radius 2 is 1.61 bits per heavy atom. The Balaban J connectivity index is 1.53. The van der Waals surface area contributed by atoms with Gasteiger partial charge in [0.1, 0.15) is 24.0 Å². The highest BCUT2D eigenvalue weighted by Gasteiger charge is 2.26. The van der Waals surface area contributed by atoms with E-state index in [1.54, 1.807) is 6.07 Å². The minimum Gasteiger partial charge on any atom is -0.454 e. The van der Waals surface area contributed by atoms with E-state index in [0.29, 0.717) is 34.4 Å². The Morgan fingerprint density at radius 1 is 0.842 bits per heavy atom. The van der Waals surface area contributed by atoms with Crippen molar-refractivity contribution in [3.63, 3.8) is 0 Å². The van der Waals surface area contributed by atoms with E-state index in [9.17, 15) is 0 Å². The molecule has 0 saturated heterocycles. The van der Waals surface area contributed by atoms with Crippen LogP contribution in [0.25, 0.3) is 44.3 Å². The first kappa shape index (κ1) is 20.6. The predicted molar refractivity (Wildman–Crippen MR) is 152 cm³/mol. The second-order valence-corrected chi connectivity index (χ2v) is 9.85. The van der Waals surface area contributed by atoms with Crippen molar-refractivity contribution in [3.05, 3.63) is 114 Å². The van der Waals surface area contributed by atoms with E-state index in [-0.39, 0.29) is 6.42 Å². The summed E-state index contributed by atoms with van der Waals surface area (Å²) in [6.07, 6.45) is 0.646. The van der Waals surface area contributed by atoms with Gasteiger partial charge in [0, 0.05) is 43.6 Å². The van der Waals surface area contributed by atoms with E-state index in [4.69, 9.17) is 7.16 Å². The second-order valence-electron chi connectivity index (χ2n) is 9.85. The fourth-order valence-electron chi connectivity index (χ4n) is 5.78. The van der Waals surface area contributed by atoms with Crippen LogP contribution in [0.15, 0.2) is 102 Å². The number of rotatable bonds is 3. The second kappa shape index (κ2) is 8.84. The molecule has 1 aliphatic heterocycles. The molecule has 0 saturated carbocycles. The van der Waals surface area contributed by atoms with Crippen molar-refractivity contribution >= 4 is 33.3 Å². The molecule has 3 nitrogen and oxygen atoms in total. The maximum absolute atomic E-state index is 15.9. The molecule has 0 N–H and O–H groups in total. The third-order valence-corrected chi connectivity index (χ3v) is 7.59. The summed E-state index contributed by atoms with van der Waals surface area (Å²) in [7, 11) is 2.00. The van der Waals surface area contributed by atoms with Crippen molar-refractivity contribution in [2.45, 2.75) is 19.7 Å². The normalized spacial score (nSPS) is 15.4. The zero-order valence-electron chi connectivity index (χ0n) is 23.3. The van der Waals surface area contributed by atoms with Gasteiger partial charge in [-0.05, 0) is 72.8 Å². The van der Waals surface area contributed by atoms with Gasteiger partial charge in [-0.1, -0.05) is 42.5 Å². The van der Waals surface area contributed by atoms with Crippen LogP contribution in [-0.4, -0.2) is 6.54 Å². The lowest BCUT2D eigenvalue weighted by Crippen LogP contribution is -2.30. The van der Waals surface area contributed by atoms with Crippen LogP contribution in [0, 0.1) is 12.7 Å². The van der Waals surface area contributed by atoms with Crippen LogP contribution in [0.2, 0.25) is 0 Å². The summed E-state index contributed by atoms with van der Waals surface area (Å²) in [5.74, 6) is -0.434. The molecule has 1 aliphatic rings. The number of aromatic nitrogens is 1. The summed E-state index contributed by atoms with van der Waals surface area (Å²) in [5, 5.41) is 1.71. The zero-order chi connectivity index (χ0) is 27.6. The Labute approximate surface area is 224 Å².